The average Bonchev–Trinajstić information content (AvgIpc) is 3.15. The van der Waals surface area contributed by atoms with Crippen LogP contribution in [-0.2, 0) is 31.3 Å². The standard InChI is InChI=1S/C24H27F2N3O6S2/c1-24(2,3)35-23(30)28(4)14-16-11-22(20-10-9-17(25)12-21(20)26)29(15-16)37(33,34)19-8-6-7-18(13-19)27-36(5,31)32/h6-13,15,27H,14H2,1-5H3. The molecule has 0 radical (unpaired) electrons. The zero-order chi connectivity index (χ0) is 27.8. The zero-order valence-electron chi connectivity index (χ0n) is 20.8. The maximum atomic E-state index is 14.7. The minimum atomic E-state index is -4.40. The molecule has 0 spiro atoms. The number of benzene rings is 2. The van der Waals surface area contributed by atoms with Gasteiger partial charge in [0.05, 0.1) is 23.4 Å². The molecular formula is C24H27F2N3O6S2. The van der Waals surface area contributed by atoms with Crippen molar-refractivity contribution in [1.29, 1.82) is 0 Å². The minimum Gasteiger partial charge on any atom is -0.444 e. The largest absolute Gasteiger partial charge is 0.444 e. The van der Waals surface area contributed by atoms with Crippen molar-refractivity contribution in [1.82, 2.24) is 8.87 Å². The van der Waals surface area contributed by atoms with Gasteiger partial charge in [0.2, 0.25) is 10.0 Å². The van der Waals surface area contributed by atoms with E-state index in [1.165, 1.54) is 42.4 Å². The number of nitrogens with one attached hydrogen (secondary N) is 1. The van der Waals surface area contributed by atoms with Crippen molar-refractivity contribution in [2.45, 2.75) is 37.8 Å². The summed E-state index contributed by atoms with van der Waals surface area (Å²) in [4.78, 5) is 13.3. The molecular weight excluding hydrogens is 528 g/mol. The third kappa shape index (κ3) is 7.07. The Morgan fingerprint density at radius 1 is 1.05 bits per heavy atom. The molecule has 0 aliphatic rings. The van der Waals surface area contributed by atoms with Gasteiger partial charge in [-0.25, -0.2) is 34.4 Å². The summed E-state index contributed by atoms with van der Waals surface area (Å²) in [5, 5.41) is 0. The second-order valence-electron chi connectivity index (χ2n) is 9.40. The summed E-state index contributed by atoms with van der Waals surface area (Å²) in [7, 11) is -6.62. The molecule has 37 heavy (non-hydrogen) atoms. The fraction of sp³-hybridized carbons (Fsp3) is 0.292. The maximum absolute atomic E-state index is 14.7. The van der Waals surface area contributed by atoms with Crippen molar-refractivity contribution in [3.8, 4) is 11.3 Å². The van der Waals surface area contributed by atoms with Gasteiger partial charge in [-0.1, -0.05) is 6.07 Å². The molecule has 1 amide bonds. The van der Waals surface area contributed by atoms with Crippen molar-refractivity contribution in [3.05, 3.63) is 71.9 Å². The molecule has 0 fully saturated rings. The van der Waals surface area contributed by atoms with E-state index >= 15 is 0 Å². The quantitative estimate of drug-likeness (QED) is 0.462. The fourth-order valence-corrected chi connectivity index (χ4v) is 5.39. The van der Waals surface area contributed by atoms with E-state index in [1.54, 1.807) is 20.8 Å². The van der Waals surface area contributed by atoms with Gasteiger partial charge < -0.3 is 9.64 Å². The Kier molecular flexibility index (Phi) is 7.70. The summed E-state index contributed by atoms with van der Waals surface area (Å²) in [6.07, 6.45) is 1.48. The molecule has 0 saturated carbocycles. The molecule has 0 unspecified atom stereocenters. The Labute approximate surface area is 214 Å². The number of nitrogens with zero attached hydrogens (tertiary/aromatic N) is 2. The van der Waals surface area contributed by atoms with Gasteiger partial charge >= 0.3 is 6.09 Å². The molecule has 0 atom stereocenters. The number of hydrogen-bond donors (Lipinski definition) is 1. The second kappa shape index (κ2) is 10.1. The smallest absolute Gasteiger partial charge is 0.410 e. The molecule has 3 rings (SSSR count). The molecule has 9 nitrogen and oxygen atoms in total. The van der Waals surface area contributed by atoms with E-state index in [2.05, 4.69) is 4.72 Å². The monoisotopic (exact) mass is 555 g/mol. The lowest BCUT2D eigenvalue weighted by atomic mass is 10.1. The van der Waals surface area contributed by atoms with Crippen LogP contribution in [0.4, 0.5) is 19.3 Å². The first-order valence-electron chi connectivity index (χ1n) is 10.9. The molecule has 0 bridgehead atoms. The summed E-state index contributed by atoms with van der Waals surface area (Å²) < 4.78 is 87.1. The van der Waals surface area contributed by atoms with Crippen LogP contribution in [0.15, 0.2) is 59.6 Å². The number of carbonyl (C=O) groups is 1. The normalized spacial score (nSPS) is 12.3. The van der Waals surface area contributed by atoms with E-state index in [-0.39, 0.29) is 28.4 Å². The van der Waals surface area contributed by atoms with E-state index in [0.717, 1.165) is 28.4 Å². The van der Waals surface area contributed by atoms with Gasteiger partial charge in [-0.3, -0.25) is 4.72 Å². The third-order valence-corrected chi connectivity index (χ3v) is 7.14. The Morgan fingerprint density at radius 2 is 1.73 bits per heavy atom. The first-order chi connectivity index (χ1) is 17.0. The van der Waals surface area contributed by atoms with E-state index in [9.17, 15) is 30.4 Å². The molecule has 1 aromatic heterocycles. The molecule has 1 N–H and O–H groups in total. The SMILES string of the molecule is CN(Cc1cc(-c2ccc(F)cc2F)n(S(=O)(=O)c2cccc(NS(C)(=O)=O)c2)c1)C(=O)OC(C)(C)C. The van der Waals surface area contributed by atoms with E-state index in [0.29, 0.717) is 11.6 Å². The maximum Gasteiger partial charge on any atom is 0.410 e. The van der Waals surface area contributed by atoms with Crippen LogP contribution in [-0.4, -0.2) is 50.7 Å². The van der Waals surface area contributed by atoms with Crippen LogP contribution in [0.1, 0.15) is 26.3 Å². The Balaban J connectivity index is 2.11. The Bertz CT molecular complexity index is 1540. The summed E-state index contributed by atoms with van der Waals surface area (Å²) >= 11 is 0. The molecule has 3 aromatic rings. The van der Waals surface area contributed by atoms with Crippen LogP contribution in [0.2, 0.25) is 0 Å². The Morgan fingerprint density at radius 3 is 2.32 bits per heavy atom. The van der Waals surface area contributed by atoms with Crippen molar-refractivity contribution in [2.24, 2.45) is 0 Å². The van der Waals surface area contributed by atoms with Crippen LogP contribution < -0.4 is 4.72 Å². The van der Waals surface area contributed by atoms with Crippen LogP contribution in [0.25, 0.3) is 11.3 Å². The van der Waals surface area contributed by atoms with Crippen LogP contribution >= 0.6 is 0 Å². The summed E-state index contributed by atoms with van der Waals surface area (Å²) in [6.45, 7) is 5.01. The number of rotatable bonds is 7. The number of aromatic nitrogens is 1. The predicted octanol–water partition coefficient (Wildman–Crippen LogP) is 4.41. The average molecular weight is 556 g/mol. The highest BCUT2D eigenvalue weighted by molar-refractivity contribution is 7.92. The van der Waals surface area contributed by atoms with Gasteiger partial charge in [-0.2, -0.15) is 0 Å². The molecule has 13 heteroatoms. The fourth-order valence-electron chi connectivity index (χ4n) is 3.40. The van der Waals surface area contributed by atoms with E-state index in [1.807, 2.05) is 0 Å². The lowest BCUT2D eigenvalue weighted by Gasteiger charge is -2.24. The number of hydrogen-bond acceptors (Lipinski definition) is 6. The van der Waals surface area contributed by atoms with Gasteiger partial charge in [0.25, 0.3) is 10.0 Å². The first kappa shape index (κ1) is 28.1. The lowest BCUT2D eigenvalue weighted by Crippen LogP contribution is -2.33. The van der Waals surface area contributed by atoms with Crippen molar-refractivity contribution >= 4 is 31.8 Å². The van der Waals surface area contributed by atoms with Crippen LogP contribution in [0, 0.1) is 11.6 Å². The third-order valence-electron chi connectivity index (χ3n) is 4.87. The van der Waals surface area contributed by atoms with Gasteiger partial charge in [0, 0.05) is 30.6 Å². The van der Waals surface area contributed by atoms with Crippen LogP contribution in [0.5, 0.6) is 0 Å². The van der Waals surface area contributed by atoms with Crippen LogP contribution in [0.3, 0.4) is 0 Å². The molecule has 0 aliphatic heterocycles. The van der Waals surface area contributed by atoms with Crippen molar-refractivity contribution < 1.29 is 35.1 Å². The van der Waals surface area contributed by atoms with Gasteiger partial charge in [-0.05, 0) is 62.7 Å². The van der Waals surface area contributed by atoms with Crippen molar-refractivity contribution in [2.75, 3.05) is 18.0 Å². The number of anilines is 1. The molecule has 1 heterocycles. The van der Waals surface area contributed by atoms with Crippen molar-refractivity contribution in [3.63, 3.8) is 0 Å². The molecule has 0 aliphatic carbocycles. The first-order valence-corrected chi connectivity index (χ1v) is 14.2. The highest BCUT2D eigenvalue weighted by Crippen LogP contribution is 2.31. The van der Waals surface area contributed by atoms with E-state index in [4.69, 9.17) is 4.74 Å². The topological polar surface area (TPSA) is 115 Å². The number of halogens is 2. The Hall–Kier alpha value is -3.45. The summed E-state index contributed by atoms with van der Waals surface area (Å²) in [6, 6.07) is 9.18. The number of ether oxygens (including phenoxy) is 1. The minimum absolute atomic E-state index is 0.00938. The highest BCUT2D eigenvalue weighted by Gasteiger charge is 2.26. The summed E-state index contributed by atoms with van der Waals surface area (Å²) in [5.74, 6) is -1.83. The van der Waals surface area contributed by atoms with Gasteiger partial charge in [0.15, 0.2) is 0 Å². The number of sulfonamides is 1. The predicted molar refractivity (Wildman–Crippen MR) is 135 cm³/mol. The molecule has 0 saturated heterocycles. The molecule has 2 aromatic carbocycles. The number of amides is 1. The van der Waals surface area contributed by atoms with Gasteiger partial charge in [-0.15, -0.1) is 0 Å². The number of carbonyl (C=O) groups excluding carboxylic acids is 1. The summed E-state index contributed by atoms with van der Waals surface area (Å²) in [5.41, 5.74) is -0.738. The zero-order valence-corrected chi connectivity index (χ0v) is 22.5. The van der Waals surface area contributed by atoms with E-state index < -0.39 is 43.4 Å². The highest BCUT2D eigenvalue weighted by atomic mass is 32.2. The lowest BCUT2D eigenvalue weighted by molar-refractivity contribution is 0.0285. The van der Waals surface area contributed by atoms with Gasteiger partial charge in [0.1, 0.15) is 17.2 Å². The second-order valence-corrected chi connectivity index (χ2v) is 13.0. The molecule has 200 valence electrons.